The van der Waals surface area contributed by atoms with Crippen LogP contribution in [0.25, 0.3) is 0 Å². The van der Waals surface area contributed by atoms with Crippen molar-refractivity contribution in [2.24, 2.45) is 17.8 Å². The van der Waals surface area contributed by atoms with Crippen LogP contribution in [0.4, 0.5) is 0 Å². The normalized spacial score (nSPS) is 33.2. The molecule has 0 spiro atoms. The van der Waals surface area contributed by atoms with Gasteiger partial charge in [-0.3, -0.25) is 0 Å². The molecule has 1 heterocycles. The summed E-state index contributed by atoms with van der Waals surface area (Å²) in [5.74, 6) is 2.95. The van der Waals surface area contributed by atoms with Gasteiger partial charge in [0.15, 0.2) is 0 Å². The summed E-state index contributed by atoms with van der Waals surface area (Å²) < 4.78 is 1.42. The van der Waals surface area contributed by atoms with Crippen molar-refractivity contribution in [2.45, 2.75) is 38.6 Å². The zero-order valence-electron chi connectivity index (χ0n) is 10.3. The smallest absolute Gasteiger partial charge is 0.0656 e. The SMILES string of the molecule is CCNC(c1csc(I)c1)C1CC2CCC1C2. The summed E-state index contributed by atoms with van der Waals surface area (Å²) >= 11 is 4.32. The molecule has 2 bridgehead atoms. The summed E-state index contributed by atoms with van der Waals surface area (Å²) in [6.45, 7) is 3.32. The summed E-state index contributed by atoms with van der Waals surface area (Å²) in [6, 6.07) is 3.00. The van der Waals surface area contributed by atoms with E-state index in [0.717, 1.165) is 24.3 Å². The first-order valence-electron chi connectivity index (χ1n) is 6.75. The van der Waals surface area contributed by atoms with Crippen LogP contribution in [0.15, 0.2) is 11.4 Å². The molecule has 0 amide bonds. The van der Waals surface area contributed by atoms with Crippen molar-refractivity contribution in [1.82, 2.24) is 5.32 Å². The Morgan fingerprint density at radius 1 is 1.47 bits per heavy atom. The topological polar surface area (TPSA) is 12.0 Å². The van der Waals surface area contributed by atoms with Crippen LogP contribution in [0, 0.1) is 20.6 Å². The molecule has 17 heavy (non-hydrogen) atoms. The van der Waals surface area contributed by atoms with Gasteiger partial charge in [-0.05, 0) is 83.2 Å². The van der Waals surface area contributed by atoms with Gasteiger partial charge in [-0.25, -0.2) is 0 Å². The third-order valence-electron chi connectivity index (χ3n) is 4.59. The lowest BCUT2D eigenvalue weighted by molar-refractivity contribution is 0.253. The van der Waals surface area contributed by atoms with Crippen LogP contribution in [0.1, 0.15) is 44.2 Å². The Labute approximate surface area is 122 Å². The third-order valence-corrected chi connectivity index (χ3v) is 6.40. The van der Waals surface area contributed by atoms with E-state index in [1.165, 1.54) is 28.6 Å². The Kier molecular flexibility index (Phi) is 3.78. The first-order chi connectivity index (χ1) is 8.28. The summed E-state index contributed by atoms with van der Waals surface area (Å²) in [6.07, 6.45) is 5.96. The lowest BCUT2D eigenvalue weighted by Gasteiger charge is -2.30. The number of hydrogen-bond donors (Lipinski definition) is 1. The molecule has 2 aliphatic carbocycles. The molecule has 1 nitrogen and oxygen atoms in total. The van der Waals surface area contributed by atoms with Gasteiger partial charge in [0.05, 0.1) is 2.88 Å². The predicted molar refractivity (Wildman–Crippen MR) is 82.4 cm³/mol. The molecular weight excluding hydrogens is 341 g/mol. The molecule has 4 unspecified atom stereocenters. The van der Waals surface area contributed by atoms with Crippen LogP contribution < -0.4 is 5.32 Å². The molecule has 3 rings (SSSR count). The summed E-state index contributed by atoms with van der Waals surface area (Å²) in [5.41, 5.74) is 1.54. The fourth-order valence-electron chi connectivity index (χ4n) is 3.93. The second-order valence-corrected chi connectivity index (χ2v) is 8.36. The van der Waals surface area contributed by atoms with Crippen LogP contribution in [0.3, 0.4) is 0 Å². The quantitative estimate of drug-likeness (QED) is 0.782. The van der Waals surface area contributed by atoms with Gasteiger partial charge >= 0.3 is 0 Å². The fraction of sp³-hybridized carbons (Fsp3) is 0.714. The van der Waals surface area contributed by atoms with E-state index in [1.807, 2.05) is 11.3 Å². The van der Waals surface area contributed by atoms with Crippen molar-refractivity contribution in [3.8, 4) is 0 Å². The first-order valence-corrected chi connectivity index (χ1v) is 8.71. The van der Waals surface area contributed by atoms with Gasteiger partial charge in [0.2, 0.25) is 0 Å². The number of nitrogens with one attached hydrogen (secondary N) is 1. The maximum Gasteiger partial charge on any atom is 0.0656 e. The molecule has 2 saturated carbocycles. The third kappa shape index (κ3) is 2.43. The Hall–Kier alpha value is 0.390. The van der Waals surface area contributed by atoms with Gasteiger partial charge in [-0.15, -0.1) is 11.3 Å². The van der Waals surface area contributed by atoms with Crippen LogP contribution in [-0.2, 0) is 0 Å². The van der Waals surface area contributed by atoms with Crippen LogP contribution >= 0.6 is 33.9 Å². The zero-order chi connectivity index (χ0) is 11.8. The standard InChI is InChI=1S/C14H20INS/c1-2-16-14(11-7-13(15)17-8-11)12-6-9-3-4-10(12)5-9/h7-10,12,14,16H,2-6H2,1H3. The summed E-state index contributed by atoms with van der Waals surface area (Å²) in [7, 11) is 0. The van der Waals surface area contributed by atoms with Crippen LogP contribution in [0.5, 0.6) is 0 Å². The lowest BCUT2D eigenvalue weighted by Crippen LogP contribution is -2.31. The molecule has 0 radical (unpaired) electrons. The van der Waals surface area contributed by atoms with E-state index in [-0.39, 0.29) is 0 Å². The fourth-order valence-corrected chi connectivity index (χ4v) is 5.33. The molecule has 0 saturated heterocycles. The minimum atomic E-state index is 0.620. The predicted octanol–water partition coefficient (Wildman–Crippen LogP) is 4.44. The van der Waals surface area contributed by atoms with Crippen LogP contribution in [0.2, 0.25) is 0 Å². The molecular formula is C14H20INS. The van der Waals surface area contributed by atoms with Gasteiger partial charge in [0.1, 0.15) is 0 Å². The average molecular weight is 361 g/mol. The number of rotatable bonds is 4. The molecule has 0 aliphatic heterocycles. The van der Waals surface area contributed by atoms with Crippen LogP contribution in [-0.4, -0.2) is 6.54 Å². The zero-order valence-corrected chi connectivity index (χ0v) is 13.3. The van der Waals surface area contributed by atoms with Crippen molar-refractivity contribution in [3.05, 3.63) is 19.9 Å². The second-order valence-electron chi connectivity index (χ2n) is 5.56. The van der Waals surface area contributed by atoms with Crippen molar-refractivity contribution in [1.29, 1.82) is 0 Å². The minimum Gasteiger partial charge on any atom is -0.310 e. The molecule has 1 N–H and O–H groups in total. The summed E-state index contributed by atoms with van der Waals surface area (Å²) in [5, 5.41) is 6.10. The average Bonchev–Trinajstić information content (AvgIpc) is 3.01. The first kappa shape index (κ1) is 12.4. The maximum atomic E-state index is 3.74. The van der Waals surface area contributed by atoms with E-state index in [9.17, 15) is 0 Å². The Bertz CT molecular complexity index is 389. The number of thiophene rings is 1. The number of halogens is 1. The highest BCUT2D eigenvalue weighted by Gasteiger charge is 2.43. The van der Waals surface area contributed by atoms with E-state index in [4.69, 9.17) is 0 Å². The molecule has 94 valence electrons. The van der Waals surface area contributed by atoms with E-state index < -0.39 is 0 Å². The molecule has 1 aromatic heterocycles. The number of fused-ring (bicyclic) bond motifs is 2. The van der Waals surface area contributed by atoms with Crippen molar-refractivity contribution < 1.29 is 0 Å². The maximum absolute atomic E-state index is 3.74. The van der Waals surface area contributed by atoms with E-state index in [1.54, 1.807) is 5.56 Å². The van der Waals surface area contributed by atoms with Gasteiger partial charge in [-0.2, -0.15) is 0 Å². The molecule has 2 fully saturated rings. The van der Waals surface area contributed by atoms with Crippen molar-refractivity contribution in [2.75, 3.05) is 6.54 Å². The molecule has 3 heteroatoms. The Morgan fingerprint density at radius 2 is 2.35 bits per heavy atom. The van der Waals surface area contributed by atoms with E-state index in [2.05, 4.69) is 46.3 Å². The van der Waals surface area contributed by atoms with Crippen molar-refractivity contribution in [3.63, 3.8) is 0 Å². The van der Waals surface area contributed by atoms with E-state index in [0.29, 0.717) is 6.04 Å². The van der Waals surface area contributed by atoms with Gasteiger partial charge in [0, 0.05) is 6.04 Å². The molecule has 2 aliphatic rings. The highest BCUT2D eigenvalue weighted by Crippen LogP contribution is 2.52. The van der Waals surface area contributed by atoms with Gasteiger partial charge in [-0.1, -0.05) is 13.3 Å². The Balaban J connectivity index is 1.80. The largest absolute Gasteiger partial charge is 0.310 e. The van der Waals surface area contributed by atoms with Gasteiger partial charge < -0.3 is 5.32 Å². The highest BCUT2D eigenvalue weighted by atomic mass is 127. The van der Waals surface area contributed by atoms with Gasteiger partial charge in [0.25, 0.3) is 0 Å². The Morgan fingerprint density at radius 3 is 2.88 bits per heavy atom. The lowest BCUT2D eigenvalue weighted by atomic mass is 9.81. The van der Waals surface area contributed by atoms with Crippen molar-refractivity contribution >= 4 is 33.9 Å². The molecule has 0 aromatic carbocycles. The molecule has 4 atom stereocenters. The summed E-state index contributed by atoms with van der Waals surface area (Å²) in [4.78, 5) is 0. The molecule has 1 aromatic rings. The monoisotopic (exact) mass is 361 g/mol. The van der Waals surface area contributed by atoms with E-state index >= 15 is 0 Å². The highest BCUT2D eigenvalue weighted by molar-refractivity contribution is 14.1. The number of hydrogen-bond acceptors (Lipinski definition) is 2. The minimum absolute atomic E-state index is 0.620. The second kappa shape index (κ2) is 5.17.